The van der Waals surface area contributed by atoms with Gasteiger partial charge in [-0.3, -0.25) is 0 Å². The maximum absolute atomic E-state index is 11.5. The Kier molecular flexibility index (Phi) is 5.83. The van der Waals surface area contributed by atoms with Crippen LogP contribution in [0.4, 0.5) is 5.69 Å². The lowest BCUT2D eigenvalue weighted by atomic mass is 9.88. The molecule has 0 heterocycles. The predicted molar refractivity (Wildman–Crippen MR) is 76.4 cm³/mol. The van der Waals surface area contributed by atoms with Gasteiger partial charge in [-0.15, -0.1) is 0 Å². The molecule has 0 bridgehead atoms. The molecular formula is C15H23NO3. The normalized spacial score (nSPS) is 13.7. The Labute approximate surface area is 114 Å². The zero-order valence-corrected chi connectivity index (χ0v) is 11.9. The number of anilines is 1. The minimum atomic E-state index is -0.303. The Bertz CT molecular complexity index is 396. The number of carbonyl (C=O) groups excluding carboxylic acids is 1. The molecule has 0 fully saturated rings. The third-order valence-electron chi connectivity index (χ3n) is 3.35. The summed E-state index contributed by atoms with van der Waals surface area (Å²) in [7, 11) is 0. The molecule has 0 amide bonds. The topological polar surface area (TPSA) is 58.6 Å². The number of aliphatic hydroxyl groups excluding tert-OH is 1. The molecule has 0 spiro atoms. The minimum absolute atomic E-state index is 0.125. The van der Waals surface area contributed by atoms with Crippen molar-refractivity contribution in [2.75, 3.05) is 25.1 Å². The van der Waals surface area contributed by atoms with Gasteiger partial charge >= 0.3 is 5.97 Å². The SMILES string of the molecule is CCOC(=O)c1ccc(NCC(C)(CC)CO)cc1. The van der Waals surface area contributed by atoms with Crippen LogP contribution in [0.2, 0.25) is 0 Å². The van der Waals surface area contributed by atoms with Crippen molar-refractivity contribution < 1.29 is 14.6 Å². The van der Waals surface area contributed by atoms with Gasteiger partial charge in [-0.1, -0.05) is 13.8 Å². The molecule has 1 aromatic rings. The number of hydrogen-bond acceptors (Lipinski definition) is 4. The first-order valence-electron chi connectivity index (χ1n) is 6.66. The first kappa shape index (κ1) is 15.5. The van der Waals surface area contributed by atoms with E-state index in [0.717, 1.165) is 12.1 Å². The Morgan fingerprint density at radius 2 is 1.95 bits per heavy atom. The maximum Gasteiger partial charge on any atom is 0.338 e. The number of nitrogens with one attached hydrogen (secondary N) is 1. The molecule has 106 valence electrons. The van der Waals surface area contributed by atoms with Crippen molar-refractivity contribution in [2.24, 2.45) is 5.41 Å². The van der Waals surface area contributed by atoms with Gasteiger partial charge < -0.3 is 15.2 Å². The van der Waals surface area contributed by atoms with Crippen LogP contribution < -0.4 is 5.32 Å². The van der Waals surface area contributed by atoms with E-state index in [1.54, 1.807) is 19.1 Å². The summed E-state index contributed by atoms with van der Waals surface area (Å²) in [6.45, 7) is 7.10. The van der Waals surface area contributed by atoms with Gasteiger partial charge in [0.25, 0.3) is 0 Å². The van der Waals surface area contributed by atoms with Crippen LogP contribution in [0.15, 0.2) is 24.3 Å². The molecule has 4 heteroatoms. The lowest BCUT2D eigenvalue weighted by Crippen LogP contribution is -2.29. The summed E-state index contributed by atoms with van der Waals surface area (Å²) in [5, 5.41) is 12.6. The zero-order chi connectivity index (χ0) is 14.3. The summed E-state index contributed by atoms with van der Waals surface area (Å²) in [5.41, 5.74) is 1.36. The van der Waals surface area contributed by atoms with E-state index in [-0.39, 0.29) is 18.0 Å². The van der Waals surface area contributed by atoms with E-state index in [2.05, 4.69) is 12.2 Å². The first-order valence-corrected chi connectivity index (χ1v) is 6.66. The molecule has 0 aliphatic rings. The summed E-state index contributed by atoms with van der Waals surface area (Å²) in [5.74, 6) is -0.303. The van der Waals surface area contributed by atoms with E-state index >= 15 is 0 Å². The van der Waals surface area contributed by atoms with Gasteiger partial charge in [-0.2, -0.15) is 0 Å². The van der Waals surface area contributed by atoms with E-state index < -0.39 is 0 Å². The van der Waals surface area contributed by atoms with Crippen LogP contribution in [0.5, 0.6) is 0 Å². The predicted octanol–water partition coefficient (Wildman–Crippen LogP) is 2.68. The summed E-state index contributed by atoms with van der Waals surface area (Å²) >= 11 is 0. The van der Waals surface area contributed by atoms with Crippen LogP contribution in [0.1, 0.15) is 37.6 Å². The number of ether oxygens (including phenoxy) is 1. The number of rotatable bonds is 7. The second kappa shape index (κ2) is 7.14. The third-order valence-corrected chi connectivity index (χ3v) is 3.35. The highest BCUT2D eigenvalue weighted by atomic mass is 16.5. The van der Waals surface area contributed by atoms with Crippen LogP contribution in [0.25, 0.3) is 0 Å². The maximum atomic E-state index is 11.5. The summed E-state index contributed by atoms with van der Waals surface area (Å²) in [4.78, 5) is 11.5. The fourth-order valence-electron chi connectivity index (χ4n) is 1.55. The second-order valence-electron chi connectivity index (χ2n) is 4.97. The van der Waals surface area contributed by atoms with Gasteiger partial charge in [0, 0.05) is 17.6 Å². The molecule has 0 radical (unpaired) electrons. The molecule has 0 saturated carbocycles. The van der Waals surface area contributed by atoms with E-state index in [0.29, 0.717) is 18.7 Å². The lowest BCUT2D eigenvalue weighted by molar-refractivity contribution is 0.0526. The van der Waals surface area contributed by atoms with Gasteiger partial charge in [-0.25, -0.2) is 4.79 Å². The Balaban J connectivity index is 2.60. The molecule has 0 aliphatic heterocycles. The number of aliphatic hydroxyl groups is 1. The monoisotopic (exact) mass is 265 g/mol. The van der Waals surface area contributed by atoms with E-state index in [1.165, 1.54) is 0 Å². The van der Waals surface area contributed by atoms with E-state index in [4.69, 9.17) is 4.74 Å². The average molecular weight is 265 g/mol. The van der Waals surface area contributed by atoms with Crippen LogP contribution in [0, 0.1) is 5.41 Å². The lowest BCUT2D eigenvalue weighted by Gasteiger charge is -2.26. The molecule has 2 N–H and O–H groups in total. The van der Waals surface area contributed by atoms with Crippen molar-refractivity contribution in [2.45, 2.75) is 27.2 Å². The van der Waals surface area contributed by atoms with Crippen molar-refractivity contribution in [3.8, 4) is 0 Å². The third kappa shape index (κ3) is 4.56. The number of esters is 1. The van der Waals surface area contributed by atoms with Gasteiger partial charge in [0.2, 0.25) is 0 Å². The van der Waals surface area contributed by atoms with Crippen LogP contribution in [-0.2, 0) is 4.74 Å². The fourth-order valence-corrected chi connectivity index (χ4v) is 1.55. The molecular weight excluding hydrogens is 242 g/mol. The number of carbonyl (C=O) groups is 1. The Hall–Kier alpha value is -1.55. The number of hydrogen-bond donors (Lipinski definition) is 2. The smallest absolute Gasteiger partial charge is 0.338 e. The van der Waals surface area contributed by atoms with Crippen molar-refractivity contribution >= 4 is 11.7 Å². The van der Waals surface area contributed by atoms with Gasteiger partial charge in [0.05, 0.1) is 18.8 Å². The highest BCUT2D eigenvalue weighted by molar-refractivity contribution is 5.89. The van der Waals surface area contributed by atoms with Crippen LogP contribution >= 0.6 is 0 Å². The van der Waals surface area contributed by atoms with E-state index in [1.807, 2.05) is 19.1 Å². The molecule has 4 nitrogen and oxygen atoms in total. The minimum Gasteiger partial charge on any atom is -0.462 e. The fraction of sp³-hybridized carbons (Fsp3) is 0.533. The molecule has 1 rings (SSSR count). The molecule has 0 saturated heterocycles. The van der Waals surface area contributed by atoms with Crippen molar-refractivity contribution in [1.29, 1.82) is 0 Å². The first-order chi connectivity index (χ1) is 9.04. The Morgan fingerprint density at radius 3 is 2.42 bits per heavy atom. The van der Waals surface area contributed by atoms with Gasteiger partial charge in [0.1, 0.15) is 0 Å². The highest BCUT2D eigenvalue weighted by Gasteiger charge is 2.20. The molecule has 0 aliphatic carbocycles. The average Bonchev–Trinajstić information content (AvgIpc) is 2.45. The molecule has 19 heavy (non-hydrogen) atoms. The quantitative estimate of drug-likeness (QED) is 0.744. The molecule has 0 aromatic heterocycles. The molecule has 1 unspecified atom stereocenters. The summed E-state index contributed by atoms with van der Waals surface area (Å²) in [6.07, 6.45) is 0.900. The second-order valence-corrected chi connectivity index (χ2v) is 4.97. The zero-order valence-electron chi connectivity index (χ0n) is 11.9. The largest absolute Gasteiger partial charge is 0.462 e. The van der Waals surface area contributed by atoms with Crippen LogP contribution in [0.3, 0.4) is 0 Å². The van der Waals surface area contributed by atoms with Crippen molar-refractivity contribution in [3.05, 3.63) is 29.8 Å². The number of benzene rings is 1. The highest BCUT2D eigenvalue weighted by Crippen LogP contribution is 2.21. The summed E-state index contributed by atoms with van der Waals surface area (Å²) < 4.78 is 4.92. The van der Waals surface area contributed by atoms with Gasteiger partial charge in [-0.05, 0) is 37.6 Å². The molecule has 1 aromatic carbocycles. The van der Waals surface area contributed by atoms with Crippen molar-refractivity contribution in [3.63, 3.8) is 0 Å². The van der Waals surface area contributed by atoms with Crippen molar-refractivity contribution in [1.82, 2.24) is 0 Å². The summed E-state index contributed by atoms with van der Waals surface area (Å²) in [6, 6.07) is 7.17. The van der Waals surface area contributed by atoms with Gasteiger partial charge in [0.15, 0.2) is 0 Å². The Morgan fingerprint density at radius 1 is 1.32 bits per heavy atom. The standard InChI is InChI=1S/C15H23NO3/c1-4-15(3,11-17)10-16-13-8-6-12(7-9-13)14(18)19-5-2/h6-9,16-17H,4-5,10-11H2,1-3H3. The van der Waals surface area contributed by atoms with E-state index in [9.17, 15) is 9.90 Å². The molecule has 1 atom stereocenters. The van der Waals surface area contributed by atoms with Crippen LogP contribution in [-0.4, -0.2) is 30.8 Å².